The number of aromatic nitrogens is 3. The van der Waals surface area contributed by atoms with E-state index in [2.05, 4.69) is 38.0 Å². The van der Waals surface area contributed by atoms with Crippen LogP contribution in [-0.4, -0.2) is 33.5 Å². The van der Waals surface area contributed by atoms with Gasteiger partial charge >= 0.3 is 0 Å². The first kappa shape index (κ1) is 21.4. The number of allylic oxidation sites excluding steroid dienone is 1. The third-order valence-electron chi connectivity index (χ3n) is 3.89. The summed E-state index contributed by atoms with van der Waals surface area (Å²) in [6.07, 6.45) is 1.77. The lowest BCUT2D eigenvalue weighted by atomic mass is 10.2. The minimum absolute atomic E-state index is 0.152. The van der Waals surface area contributed by atoms with Crippen LogP contribution in [0.3, 0.4) is 0 Å². The summed E-state index contributed by atoms with van der Waals surface area (Å²) in [5, 5.41) is 12.6. The molecule has 1 heterocycles. The number of halogens is 2. The van der Waals surface area contributed by atoms with Crippen LogP contribution in [0.4, 0.5) is 5.69 Å². The molecule has 0 fully saturated rings. The molecule has 3 rings (SSSR count). The van der Waals surface area contributed by atoms with E-state index in [0.29, 0.717) is 28.2 Å². The van der Waals surface area contributed by atoms with Crippen molar-refractivity contribution in [2.75, 3.05) is 18.2 Å². The van der Waals surface area contributed by atoms with E-state index >= 15 is 0 Å². The number of rotatable bonds is 8. The third-order valence-corrected chi connectivity index (χ3v) is 6.07. The number of carbonyl (C=O) groups excluding carboxylic acids is 1. The van der Waals surface area contributed by atoms with Gasteiger partial charge in [0.2, 0.25) is 5.91 Å². The van der Waals surface area contributed by atoms with Crippen LogP contribution in [0.25, 0.3) is 11.4 Å². The Morgan fingerprint density at radius 1 is 1.34 bits per heavy atom. The Hall–Kier alpha value is -2.29. The summed E-state index contributed by atoms with van der Waals surface area (Å²) in [5.41, 5.74) is 1.54. The van der Waals surface area contributed by atoms with Gasteiger partial charge in [0.05, 0.1) is 17.9 Å². The summed E-state index contributed by atoms with van der Waals surface area (Å²) in [6.45, 7) is 4.33. The van der Waals surface area contributed by atoms with Gasteiger partial charge in [-0.15, -0.1) is 16.8 Å². The highest BCUT2D eigenvalue weighted by atomic mass is 79.9. The Labute approximate surface area is 186 Å². The second kappa shape index (κ2) is 9.96. The van der Waals surface area contributed by atoms with E-state index in [-0.39, 0.29) is 11.7 Å². The van der Waals surface area contributed by atoms with Gasteiger partial charge in [-0.1, -0.05) is 41.6 Å². The van der Waals surface area contributed by atoms with Crippen molar-refractivity contribution >= 4 is 50.9 Å². The quantitative estimate of drug-likeness (QED) is 0.341. The fraction of sp³-hybridized carbons (Fsp3) is 0.150. The number of amides is 1. The van der Waals surface area contributed by atoms with Crippen LogP contribution in [-0.2, 0) is 11.3 Å². The summed E-state index contributed by atoms with van der Waals surface area (Å²) in [5.74, 6) is 1.46. The maximum absolute atomic E-state index is 12.3. The zero-order chi connectivity index (χ0) is 20.8. The van der Waals surface area contributed by atoms with Gasteiger partial charge in [-0.25, -0.2) is 0 Å². The van der Waals surface area contributed by atoms with Crippen LogP contribution in [0.15, 0.2) is 64.7 Å². The Morgan fingerprint density at radius 3 is 2.90 bits per heavy atom. The van der Waals surface area contributed by atoms with Crippen molar-refractivity contribution in [1.82, 2.24) is 14.8 Å². The summed E-state index contributed by atoms with van der Waals surface area (Å²) < 4.78 is 7.92. The predicted octanol–water partition coefficient (Wildman–Crippen LogP) is 5.29. The standard InChI is InChI=1S/C20H18BrClN4O2S/c1-3-9-26-19(13-5-4-6-15(10-13)28-2)24-25-20(26)29-12-18(27)23-14-7-8-17(22)16(21)11-14/h3-8,10-11H,1,9,12H2,2H3,(H,23,27). The van der Waals surface area contributed by atoms with Crippen molar-refractivity contribution in [3.8, 4) is 17.1 Å². The third kappa shape index (κ3) is 5.41. The molecule has 1 aromatic heterocycles. The summed E-state index contributed by atoms with van der Waals surface area (Å²) in [7, 11) is 1.62. The lowest BCUT2D eigenvalue weighted by Gasteiger charge is -2.09. The average Bonchev–Trinajstić information content (AvgIpc) is 3.12. The van der Waals surface area contributed by atoms with Crippen molar-refractivity contribution < 1.29 is 9.53 Å². The summed E-state index contributed by atoms with van der Waals surface area (Å²) >= 11 is 10.6. The largest absolute Gasteiger partial charge is 0.497 e. The van der Waals surface area contributed by atoms with Gasteiger partial charge in [0.25, 0.3) is 0 Å². The molecule has 1 amide bonds. The van der Waals surface area contributed by atoms with Gasteiger partial charge < -0.3 is 10.1 Å². The van der Waals surface area contributed by atoms with Gasteiger partial charge in [-0.3, -0.25) is 9.36 Å². The second-order valence-electron chi connectivity index (χ2n) is 5.90. The smallest absolute Gasteiger partial charge is 0.234 e. The van der Waals surface area contributed by atoms with E-state index in [1.807, 2.05) is 28.8 Å². The van der Waals surface area contributed by atoms with Crippen LogP contribution in [0.2, 0.25) is 5.02 Å². The molecule has 0 saturated heterocycles. The Balaban J connectivity index is 1.73. The molecule has 0 bridgehead atoms. The molecule has 6 nitrogen and oxygen atoms in total. The van der Waals surface area contributed by atoms with Crippen molar-refractivity contribution in [2.45, 2.75) is 11.7 Å². The molecule has 0 spiro atoms. The number of carbonyl (C=O) groups is 1. The van der Waals surface area contributed by atoms with Gasteiger partial charge in [0.15, 0.2) is 11.0 Å². The molecule has 0 aliphatic carbocycles. The molecule has 150 valence electrons. The minimum Gasteiger partial charge on any atom is -0.497 e. The van der Waals surface area contributed by atoms with Crippen molar-refractivity contribution in [2.24, 2.45) is 0 Å². The number of anilines is 1. The van der Waals surface area contributed by atoms with Gasteiger partial charge in [-0.2, -0.15) is 0 Å². The van der Waals surface area contributed by atoms with Crippen LogP contribution in [0.5, 0.6) is 5.75 Å². The Morgan fingerprint density at radius 2 is 2.17 bits per heavy atom. The average molecular weight is 494 g/mol. The van der Waals surface area contributed by atoms with E-state index in [0.717, 1.165) is 15.8 Å². The highest BCUT2D eigenvalue weighted by Crippen LogP contribution is 2.28. The molecular formula is C20H18BrClN4O2S. The first-order chi connectivity index (χ1) is 14.0. The maximum Gasteiger partial charge on any atom is 0.234 e. The minimum atomic E-state index is -0.152. The molecule has 9 heteroatoms. The normalized spacial score (nSPS) is 10.6. The molecular weight excluding hydrogens is 476 g/mol. The lowest BCUT2D eigenvalue weighted by Crippen LogP contribution is -2.14. The maximum atomic E-state index is 12.3. The molecule has 1 N–H and O–H groups in total. The SMILES string of the molecule is C=CCn1c(SCC(=O)Nc2ccc(Cl)c(Br)c2)nnc1-c1cccc(OC)c1. The van der Waals surface area contributed by atoms with Crippen molar-refractivity contribution in [1.29, 1.82) is 0 Å². The Kier molecular flexibility index (Phi) is 7.35. The highest BCUT2D eigenvalue weighted by molar-refractivity contribution is 9.10. The fourth-order valence-electron chi connectivity index (χ4n) is 2.57. The van der Waals surface area contributed by atoms with Gasteiger partial charge in [0.1, 0.15) is 5.75 Å². The molecule has 2 aromatic carbocycles. The van der Waals surface area contributed by atoms with E-state index in [1.165, 1.54) is 11.8 Å². The number of benzene rings is 2. The number of thioether (sulfide) groups is 1. The van der Waals surface area contributed by atoms with Crippen LogP contribution < -0.4 is 10.1 Å². The topological polar surface area (TPSA) is 69.0 Å². The molecule has 0 aliphatic heterocycles. The van der Waals surface area contributed by atoms with Crippen molar-refractivity contribution in [3.05, 3.63) is 64.6 Å². The number of methoxy groups -OCH3 is 1. The second-order valence-corrected chi connectivity index (χ2v) is 8.11. The molecule has 3 aromatic rings. The van der Waals surface area contributed by atoms with Crippen LogP contribution in [0.1, 0.15) is 0 Å². The molecule has 0 saturated carbocycles. The van der Waals surface area contributed by atoms with Gasteiger partial charge in [0, 0.05) is 22.3 Å². The number of hydrogen-bond acceptors (Lipinski definition) is 5. The van der Waals surface area contributed by atoms with Crippen molar-refractivity contribution in [3.63, 3.8) is 0 Å². The fourth-order valence-corrected chi connectivity index (χ4v) is 3.81. The Bertz CT molecular complexity index is 1040. The number of nitrogens with one attached hydrogen (secondary N) is 1. The van der Waals surface area contributed by atoms with E-state index in [1.54, 1.807) is 31.4 Å². The zero-order valence-electron chi connectivity index (χ0n) is 15.6. The predicted molar refractivity (Wildman–Crippen MR) is 121 cm³/mol. The molecule has 0 aliphatic rings. The molecule has 0 atom stereocenters. The lowest BCUT2D eigenvalue weighted by molar-refractivity contribution is -0.113. The number of ether oxygens (including phenoxy) is 1. The summed E-state index contributed by atoms with van der Waals surface area (Å²) in [4.78, 5) is 12.3. The highest BCUT2D eigenvalue weighted by Gasteiger charge is 2.15. The number of hydrogen-bond donors (Lipinski definition) is 1. The van der Waals surface area contributed by atoms with E-state index < -0.39 is 0 Å². The first-order valence-corrected chi connectivity index (χ1v) is 10.7. The monoisotopic (exact) mass is 492 g/mol. The van der Waals surface area contributed by atoms with E-state index in [4.69, 9.17) is 16.3 Å². The number of nitrogens with zero attached hydrogens (tertiary/aromatic N) is 3. The molecule has 0 radical (unpaired) electrons. The zero-order valence-corrected chi connectivity index (χ0v) is 18.7. The molecule has 29 heavy (non-hydrogen) atoms. The first-order valence-electron chi connectivity index (χ1n) is 8.58. The van der Waals surface area contributed by atoms with E-state index in [9.17, 15) is 4.79 Å². The molecule has 0 unspecified atom stereocenters. The van der Waals surface area contributed by atoms with Crippen LogP contribution in [0, 0.1) is 0 Å². The van der Waals surface area contributed by atoms with Crippen LogP contribution >= 0.6 is 39.3 Å². The van der Waals surface area contributed by atoms with Gasteiger partial charge in [-0.05, 0) is 46.3 Å². The summed E-state index contributed by atoms with van der Waals surface area (Å²) in [6, 6.07) is 12.8.